The van der Waals surface area contributed by atoms with Gasteiger partial charge in [-0.2, -0.15) is 0 Å². The van der Waals surface area contributed by atoms with Crippen molar-refractivity contribution in [2.75, 3.05) is 12.4 Å². The third-order valence-corrected chi connectivity index (χ3v) is 5.06. The summed E-state index contributed by atoms with van der Waals surface area (Å²) in [6.45, 7) is 1.68. The molecule has 2 heterocycles. The van der Waals surface area contributed by atoms with Crippen molar-refractivity contribution in [3.8, 4) is 11.5 Å². The summed E-state index contributed by atoms with van der Waals surface area (Å²) in [5, 5.41) is 8.93. The van der Waals surface area contributed by atoms with E-state index >= 15 is 0 Å². The van der Waals surface area contributed by atoms with E-state index in [0.717, 1.165) is 0 Å². The second-order valence-corrected chi connectivity index (χ2v) is 7.08. The highest BCUT2D eigenvalue weighted by molar-refractivity contribution is 6.30. The summed E-state index contributed by atoms with van der Waals surface area (Å²) in [4.78, 5) is 25.2. The van der Waals surface area contributed by atoms with Gasteiger partial charge >= 0.3 is 6.03 Å². The van der Waals surface area contributed by atoms with E-state index in [2.05, 4.69) is 16.0 Å². The normalized spacial score (nSPS) is 25.4. The van der Waals surface area contributed by atoms with Crippen LogP contribution in [0.25, 0.3) is 0 Å². The number of hydrogen-bond acceptors (Lipinski definition) is 4. The lowest BCUT2D eigenvalue weighted by Gasteiger charge is -2.49. The number of fused-ring (bicyclic) bond motifs is 4. The van der Waals surface area contributed by atoms with Gasteiger partial charge in [-0.1, -0.05) is 29.8 Å². The van der Waals surface area contributed by atoms with Crippen LogP contribution in [-0.2, 0) is 4.79 Å². The van der Waals surface area contributed by atoms with Gasteiger partial charge in [0.15, 0.2) is 17.2 Å². The van der Waals surface area contributed by atoms with Gasteiger partial charge in [0, 0.05) is 16.3 Å². The van der Waals surface area contributed by atoms with E-state index in [1.807, 2.05) is 6.07 Å². The largest absolute Gasteiger partial charge is 0.493 e. The van der Waals surface area contributed by atoms with E-state index in [1.165, 1.54) is 0 Å². The Hall–Kier alpha value is -2.93. The average molecular weight is 388 g/mol. The second-order valence-electron chi connectivity index (χ2n) is 6.64. The number of benzene rings is 2. The van der Waals surface area contributed by atoms with Crippen molar-refractivity contribution in [2.24, 2.45) is 5.92 Å². The minimum atomic E-state index is -1.24. The zero-order chi connectivity index (χ0) is 19.2. The number of rotatable bonds is 3. The molecule has 8 heteroatoms. The highest BCUT2D eigenvalue weighted by atomic mass is 35.5. The van der Waals surface area contributed by atoms with E-state index in [1.54, 1.807) is 50.4 Å². The molecule has 2 aliphatic rings. The first-order chi connectivity index (χ1) is 12.9. The van der Waals surface area contributed by atoms with Gasteiger partial charge < -0.3 is 20.1 Å². The van der Waals surface area contributed by atoms with E-state index in [9.17, 15) is 9.59 Å². The zero-order valence-electron chi connectivity index (χ0n) is 14.7. The maximum Gasteiger partial charge on any atom is 0.318 e. The fraction of sp³-hybridized carbons (Fsp3) is 0.263. The summed E-state index contributed by atoms with van der Waals surface area (Å²) in [5.74, 6) is 0.0294. The number of carbonyl (C=O) groups excluding carboxylic acids is 2. The van der Waals surface area contributed by atoms with Crippen LogP contribution in [-0.4, -0.2) is 24.8 Å². The molecular formula is C19H18ClN3O4. The van der Waals surface area contributed by atoms with Gasteiger partial charge in [0.05, 0.1) is 13.2 Å². The number of para-hydroxylation sites is 1. The molecule has 1 fully saturated rings. The number of ether oxygens (including phenoxy) is 2. The number of amides is 3. The van der Waals surface area contributed by atoms with Crippen LogP contribution in [0.5, 0.6) is 11.5 Å². The number of methoxy groups -OCH3 is 1. The Morgan fingerprint density at radius 2 is 2.07 bits per heavy atom. The minimum Gasteiger partial charge on any atom is -0.493 e. The SMILES string of the molecule is COc1cccc2c1O[C@@]1(C)NC(=O)NC2C1C(=O)Nc1cccc(Cl)c1. The lowest BCUT2D eigenvalue weighted by atomic mass is 9.79. The Morgan fingerprint density at radius 3 is 2.81 bits per heavy atom. The zero-order valence-corrected chi connectivity index (χ0v) is 15.5. The Morgan fingerprint density at radius 1 is 1.30 bits per heavy atom. The van der Waals surface area contributed by atoms with Crippen LogP contribution in [0.2, 0.25) is 5.02 Å². The van der Waals surface area contributed by atoms with Crippen LogP contribution in [0.1, 0.15) is 18.5 Å². The highest BCUT2D eigenvalue weighted by Crippen LogP contribution is 2.48. The summed E-state index contributed by atoms with van der Waals surface area (Å²) < 4.78 is 11.5. The number of carbonyl (C=O) groups is 2. The third-order valence-electron chi connectivity index (χ3n) is 4.83. The molecular weight excluding hydrogens is 370 g/mol. The maximum absolute atomic E-state index is 13.1. The lowest BCUT2D eigenvalue weighted by Crippen LogP contribution is -2.70. The topological polar surface area (TPSA) is 88.7 Å². The van der Waals surface area contributed by atoms with Crippen molar-refractivity contribution >= 4 is 29.2 Å². The number of urea groups is 1. The van der Waals surface area contributed by atoms with E-state index in [-0.39, 0.29) is 5.91 Å². The van der Waals surface area contributed by atoms with Gasteiger partial charge in [-0.15, -0.1) is 0 Å². The fourth-order valence-corrected chi connectivity index (χ4v) is 3.87. The molecule has 0 saturated carbocycles. The Labute approximate surface area is 161 Å². The average Bonchev–Trinajstić information content (AvgIpc) is 2.60. The third kappa shape index (κ3) is 2.94. The minimum absolute atomic E-state index is 0.300. The van der Waals surface area contributed by atoms with Gasteiger partial charge in [0.1, 0.15) is 5.92 Å². The molecule has 3 amide bonds. The standard InChI is InChI=1S/C19H18ClN3O4/c1-19-14(17(24)21-11-6-3-5-10(20)9-11)15(22-18(25)23-19)12-7-4-8-13(26-2)16(12)27-19/h3-9,14-15H,1-2H3,(H,21,24)(H2,22,23,25)/t14?,15?,19-/m1/s1. The molecule has 0 aromatic heterocycles. The molecule has 2 aromatic rings. The molecule has 3 N–H and O–H groups in total. The molecule has 0 spiro atoms. The Kier molecular flexibility index (Phi) is 4.11. The molecule has 7 nitrogen and oxygen atoms in total. The highest BCUT2D eigenvalue weighted by Gasteiger charge is 2.56. The fourth-order valence-electron chi connectivity index (χ4n) is 3.68. The Balaban J connectivity index is 1.74. The molecule has 2 aromatic carbocycles. The van der Waals surface area contributed by atoms with Crippen LogP contribution in [0, 0.1) is 5.92 Å². The van der Waals surface area contributed by atoms with Gasteiger partial charge in [-0.3, -0.25) is 10.1 Å². The van der Waals surface area contributed by atoms with Crippen molar-refractivity contribution in [3.63, 3.8) is 0 Å². The molecule has 0 radical (unpaired) electrons. The Bertz CT molecular complexity index is 935. The predicted molar refractivity (Wildman–Crippen MR) is 100 cm³/mol. The van der Waals surface area contributed by atoms with E-state index in [0.29, 0.717) is 27.8 Å². The molecule has 0 aliphatic carbocycles. The molecule has 140 valence electrons. The number of halogens is 1. The monoisotopic (exact) mass is 387 g/mol. The van der Waals surface area contributed by atoms with Crippen molar-refractivity contribution in [1.82, 2.24) is 10.6 Å². The second kappa shape index (κ2) is 6.35. The number of hydrogen-bond donors (Lipinski definition) is 3. The van der Waals surface area contributed by atoms with Crippen molar-refractivity contribution in [2.45, 2.75) is 18.7 Å². The summed E-state index contributed by atoms with van der Waals surface area (Å²) in [6, 6.07) is 11.3. The van der Waals surface area contributed by atoms with Crippen LogP contribution in [0.15, 0.2) is 42.5 Å². The summed E-state index contributed by atoms with van der Waals surface area (Å²) in [7, 11) is 1.54. The molecule has 1 saturated heterocycles. The molecule has 27 heavy (non-hydrogen) atoms. The van der Waals surface area contributed by atoms with Crippen LogP contribution >= 0.6 is 11.6 Å². The van der Waals surface area contributed by atoms with Gasteiger partial charge in [0.2, 0.25) is 5.91 Å². The van der Waals surface area contributed by atoms with Crippen molar-refractivity contribution in [1.29, 1.82) is 0 Å². The first-order valence-corrected chi connectivity index (χ1v) is 8.80. The molecule has 2 aliphatic heterocycles. The summed E-state index contributed by atoms with van der Waals surface area (Å²) in [5.41, 5.74) is 0.0157. The first-order valence-electron chi connectivity index (χ1n) is 8.42. The van der Waals surface area contributed by atoms with Crippen molar-refractivity contribution in [3.05, 3.63) is 53.1 Å². The van der Waals surface area contributed by atoms with Crippen LogP contribution in [0.3, 0.4) is 0 Å². The molecule has 4 rings (SSSR count). The van der Waals surface area contributed by atoms with Gasteiger partial charge in [0.25, 0.3) is 0 Å². The molecule has 2 bridgehead atoms. The van der Waals surface area contributed by atoms with Gasteiger partial charge in [-0.25, -0.2) is 4.79 Å². The van der Waals surface area contributed by atoms with Crippen molar-refractivity contribution < 1.29 is 19.1 Å². The quantitative estimate of drug-likeness (QED) is 0.755. The van der Waals surface area contributed by atoms with Gasteiger partial charge in [-0.05, 0) is 31.2 Å². The predicted octanol–water partition coefficient (Wildman–Crippen LogP) is 3.07. The van der Waals surface area contributed by atoms with E-state index in [4.69, 9.17) is 21.1 Å². The maximum atomic E-state index is 13.1. The van der Waals surface area contributed by atoms with E-state index < -0.39 is 23.7 Å². The summed E-state index contributed by atoms with van der Waals surface area (Å²) >= 11 is 6.00. The van der Waals surface area contributed by atoms with Crippen LogP contribution < -0.4 is 25.4 Å². The smallest absolute Gasteiger partial charge is 0.318 e. The molecule has 2 unspecified atom stereocenters. The molecule has 3 atom stereocenters. The summed E-state index contributed by atoms with van der Waals surface area (Å²) in [6.07, 6.45) is 0. The van der Waals surface area contributed by atoms with Crippen LogP contribution in [0.4, 0.5) is 10.5 Å². The number of anilines is 1. The number of nitrogens with one attached hydrogen (secondary N) is 3. The first kappa shape index (κ1) is 17.5. The lowest BCUT2D eigenvalue weighted by molar-refractivity contribution is -0.133.